The summed E-state index contributed by atoms with van der Waals surface area (Å²) in [7, 11) is 0. The number of halogens is 2. The van der Waals surface area contributed by atoms with Gasteiger partial charge in [-0.25, -0.2) is 28.0 Å². The Hall–Kier alpha value is -6.66. The van der Waals surface area contributed by atoms with Crippen molar-refractivity contribution in [3.05, 3.63) is 71.3 Å². The fraction of sp³-hybridized carbons (Fsp3) is 0.520. The molecule has 0 radical (unpaired) electrons. The molecule has 69 heavy (non-hydrogen) atoms. The number of guanidine groups is 2. The van der Waals surface area contributed by atoms with Crippen molar-refractivity contribution in [2.75, 3.05) is 26.2 Å². The smallest absolute Gasteiger partial charge is 0.437 e. The number of hydrogen-bond donors (Lipinski definition) is 2. The standard InChI is InChI=1S/C50H67F2N9O8/c1-30(2)29-61-39(35-17-15-33(27-37(35)51)31-19-23-59(24-20-31)41(53-43(62)66-47(3,4)5)54-44(63)67-48(6,7)8)57-58-40(61)36-18-16-34(28-38(36)52)32-21-25-60(26-22-32)42(55-45(64)68-49(9,10)11)56-46(65)69-50(12,13)14/h15-19,21,27-28,30H,20,22-26,29H2,1-14H3,(H,53,54,62,63)(H,55,56,64,65). The summed E-state index contributed by atoms with van der Waals surface area (Å²) in [5.74, 6) is -0.617. The van der Waals surface area contributed by atoms with Crippen molar-refractivity contribution in [1.29, 1.82) is 0 Å². The number of aromatic nitrogens is 3. The van der Waals surface area contributed by atoms with Crippen LogP contribution in [0, 0.1) is 17.6 Å². The Morgan fingerprint density at radius 2 is 0.971 bits per heavy atom. The summed E-state index contributed by atoms with van der Waals surface area (Å²) in [5, 5.41) is 13.9. The van der Waals surface area contributed by atoms with Crippen molar-refractivity contribution in [3.8, 4) is 22.8 Å². The molecule has 0 saturated carbocycles. The Morgan fingerprint density at radius 3 is 1.26 bits per heavy atom. The summed E-state index contributed by atoms with van der Waals surface area (Å²) in [6.45, 7) is 26.1. The van der Waals surface area contributed by atoms with Gasteiger partial charge in [0.2, 0.25) is 11.9 Å². The van der Waals surface area contributed by atoms with E-state index in [2.05, 4.69) is 30.8 Å². The number of aliphatic imine (C=N–C) groups is 2. The maximum absolute atomic E-state index is 16.3. The van der Waals surface area contributed by atoms with Crippen LogP contribution in [0.1, 0.15) is 121 Å². The van der Waals surface area contributed by atoms with Crippen LogP contribution >= 0.6 is 0 Å². The van der Waals surface area contributed by atoms with Gasteiger partial charge in [-0.05, 0) is 148 Å². The molecular formula is C50H67F2N9O8. The highest BCUT2D eigenvalue weighted by Gasteiger charge is 2.28. The van der Waals surface area contributed by atoms with E-state index in [0.717, 1.165) is 11.1 Å². The lowest BCUT2D eigenvalue weighted by Gasteiger charge is -2.30. The number of benzene rings is 2. The number of nitrogens with zero attached hydrogens (tertiary/aromatic N) is 7. The van der Waals surface area contributed by atoms with E-state index in [1.54, 1.807) is 122 Å². The van der Waals surface area contributed by atoms with Gasteiger partial charge < -0.3 is 33.3 Å². The Kier molecular flexibility index (Phi) is 16.5. The van der Waals surface area contributed by atoms with Gasteiger partial charge in [0.25, 0.3) is 0 Å². The summed E-state index contributed by atoms with van der Waals surface area (Å²) >= 11 is 0. The predicted molar refractivity (Wildman–Crippen MR) is 260 cm³/mol. The third-order valence-corrected chi connectivity index (χ3v) is 9.88. The van der Waals surface area contributed by atoms with Gasteiger partial charge in [-0.3, -0.25) is 10.6 Å². The number of alkyl carbamates (subject to hydrolysis) is 2. The summed E-state index contributed by atoms with van der Waals surface area (Å²) in [6.07, 6.45) is 1.26. The molecule has 5 rings (SSSR count). The second kappa shape index (κ2) is 21.3. The minimum absolute atomic E-state index is 0.0343. The van der Waals surface area contributed by atoms with Crippen LogP contribution in [0.15, 0.2) is 58.5 Å². The number of carbonyl (C=O) groups is 4. The van der Waals surface area contributed by atoms with E-state index < -0.39 is 58.4 Å². The zero-order valence-corrected chi connectivity index (χ0v) is 42.3. The Labute approximate surface area is 403 Å². The van der Waals surface area contributed by atoms with Crippen LogP contribution in [-0.2, 0) is 25.5 Å². The first-order valence-corrected chi connectivity index (χ1v) is 23.0. The van der Waals surface area contributed by atoms with E-state index in [1.807, 2.05) is 26.0 Å². The fourth-order valence-electron chi connectivity index (χ4n) is 7.17. The molecule has 0 spiro atoms. The largest absolute Gasteiger partial charge is 0.444 e. The molecule has 2 N–H and O–H groups in total. The average molecular weight is 960 g/mol. The van der Waals surface area contributed by atoms with Crippen molar-refractivity contribution >= 4 is 47.4 Å². The molecule has 3 aromatic rings. The lowest BCUT2D eigenvalue weighted by atomic mass is 9.97. The second-order valence-corrected chi connectivity index (χ2v) is 21.2. The summed E-state index contributed by atoms with van der Waals surface area (Å²) in [6, 6.07) is 9.69. The molecule has 4 amide bonds. The van der Waals surface area contributed by atoms with Crippen molar-refractivity contribution in [1.82, 2.24) is 35.2 Å². The van der Waals surface area contributed by atoms with Crippen LogP contribution in [0.4, 0.5) is 28.0 Å². The molecule has 2 aliphatic rings. The van der Waals surface area contributed by atoms with Crippen molar-refractivity contribution in [3.63, 3.8) is 0 Å². The number of rotatable bonds is 6. The molecule has 2 aliphatic heterocycles. The van der Waals surface area contributed by atoms with Gasteiger partial charge in [0.15, 0.2) is 11.6 Å². The van der Waals surface area contributed by atoms with E-state index in [9.17, 15) is 19.2 Å². The van der Waals surface area contributed by atoms with Gasteiger partial charge in [0.05, 0.1) is 11.1 Å². The Morgan fingerprint density at radius 1 is 0.609 bits per heavy atom. The third-order valence-electron chi connectivity index (χ3n) is 9.88. The first-order valence-electron chi connectivity index (χ1n) is 23.0. The minimum Gasteiger partial charge on any atom is -0.444 e. The number of carbonyl (C=O) groups excluding carboxylic acids is 4. The molecule has 374 valence electrons. The fourth-order valence-corrected chi connectivity index (χ4v) is 7.17. The van der Waals surface area contributed by atoms with E-state index >= 15 is 8.78 Å². The SMILES string of the molecule is CC(C)Cn1c(-c2ccc(C3=CCN(C(=NC(=O)OC(C)(C)C)NC(=O)OC(C)(C)C)CC3)cc2F)nnc1-c1ccc(C2=CCN(C(=NC(=O)OC(C)(C)C)NC(=O)OC(C)(C)C)CC2)cc1F. The Balaban J connectivity index is 1.36. The number of nitrogens with one attached hydrogen (secondary N) is 2. The molecule has 0 atom stereocenters. The van der Waals surface area contributed by atoms with E-state index in [4.69, 9.17) is 18.9 Å². The molecule has 0 unspecified atom stereocenters. The molecule has 0 saturated heterocycles. The van der Waals surface area contributed by atoms with Crippen LogP contribution < -0.4 is 10.6 Å². The first-order chi connectivity index (χ1) is 31.9. The molecule has 17 nitrogen and oxygen atoms in total. The summed E-state index contributed by atoms with van der Waals surface area (Å²) in [4.78, 5) is 62.3. The normalized spacial score (nSPS) is 15.3. The lowest BCUT2D eigenvalue weighted by molar-refractivity contribution is 0.0536. The number of amides is 4. The molecule has 0 aliphatic carbocycles. The van der Waals surface area contributed by atoms with E-state index in [-0.39, 0.29) is 53.7 Å². The number of ether oxygens (including phenoxy) is 4. The second-order valence-electron chi connectivity index (χ2n) is 21.2. The van der Waals surface area contributed by atoms with Crippen LogP contribution in [0.5, 0.6) is 0 Å². The van der Waals surface area contributed by atoms with Crippen LogP contribution in [0.2, 0.25) is 0 Å². The van der Waals surface area contributed by atoms with Gasteiger partial charge in [-0.2, -0.15) is 0 Å². The van der Waals surface area contributed by atoms with E-state index in [1.165, 1.54) is 12.1 Å². The zero-order valence-electron chi connectivity index (χ0n) is 42.3. The quantitative estimate of drug-likeness (QED) is 0.135. The van der Waals surface area contributed by atoms with Gasteiger partial charge in [0, 0.05) is 32.7 Å². The summed E-state index contributed by atoms with van der Waals surface area (Å²) < 4.78 is 55.8. The van der Waals surface area contributed by atoms with Gasteiger partial charge in [-0.1, -0.05) is 38.1 Å². The number of hydrogen-bond acceptors (Lipinski definition) is 10. The Bertz CT molecular complexity index is 2370. The van der Waals surface area contributed by atoms with Crippen molar-refractivity contribution < 1.29 is 46.9 Å². The maximum Gasteiger partial charge on any atom is 0.437 e. The van der Waals surface area contributed by atoms with Gasteiger partial charge >= 0.3 is 24.4 Å². The topological polar surface area (TPSA) is 191 Å². The van der Waals surface area contributed by atoms with Gasteiger partial charge in [0.1, 0.15) is 34.0 Å². The van der Waals surface area contributed by atoms with Crippen LogP contribution in [0.3, 0.4) is 0 Å². The molecule has 2 aromatic carbocycles. The maximum atomic E-state index is 16.3. The minimum atomic E-state index is -0.878. The third kappa shape index (κ3) is 16.0. The van der Waals surface area contributed by atoms with E-state index in [0.29, 0.717) is 43.6 Å². The van der Waals surface area contributed by atoms with Gasteiger partial charge in [-0.15, -0.1) is 20.2 Å². The molecule has 3 heterocycles. The molecule has 1 aromatic heterocycles. The van der Waals surface area contributed by atoms with Crippen LogP contribution in [0.25, 0.3) is 33.9 Å². The van der Waals surface area contributed by atoms with Crippen molar-refractivity contribution in [2.45, 2.75) is 139 Å². The predicted octanol–water partition coefficient (Wildman–Crippen LogP) is 10.4. The molecule has 0 fully saturated rings. The summed E-state index contributed by atoms with van der Waals surface area (Å²) in [5.41, 5.74) is 0.107. The molecule has 19 heteroatoms. The van der Waals surface area contributed by atoms with Crippen LogP contribution in [-0.4, -0.2) is 109 Å². The highest BCUT2D eigenvalue weighted by molar-refractivity contribution is 6.00. The average Bonchev–Trinajstić information content (AvgIpc) is 3.59. The molecular weight excluding hydrogens is 893 g/mol. The highest BCUT2D eigenvalue weighted by Crippen LogP contribution is 2.33. The molecule has 0 bridgehead atoms. The zero-order chi connectivity index (χ0) is 51.2. The highest BCUT2D eigenvalue weighted by atomic mass is 19.1. The monoisotopic (exact) mass is 960 g/mol. The first kappa shape index (κ1) is 53.3. The van der Waals surface area contributed by atoms with Crippen molar-refractivity contribution in [2.24, 2.45) is 15.9 Å². The lowest BCUT2D eigenvalue weighted by Crippen LogP contribution is -2.48.